The van der Waals surface area contributed by atoms with Crippen LogP contribution in [0.25, 0.3) is 0 Å². The molecule has 4 N–H and O–H groups in total. The number of nitrogens with two attached hydrogens (primary N) is 1. The lowest BCUT2D eigenvalue weighted by molar-refractivity contribution is 0.0177. The number of nitrogens with one attached hydrogen (secondary N) is 2. The van der Waals surface area contributed by atoms with Crippen LogP contribution in [0.1, 0.15) is 41.8 Å². The van der Waals surface area contributed by atoms with Crippen molar-refractivity contribution in [2.45, 2.75) is 50.3 Å². The van der Waals surface area contributed by atoms with Crippen molar-refractivity contribution >= 4 is 28.2 Å². The Labute approximate surface area is 122 Å². The molecule has 20 heavy (non-hydrogen) atoms. The minimum absolute atomic E-state index is 0.124. The molecule has 0 aromatic carbocycles. The van der Waals surface area contributed by atoms with E-state index in [9.17, 15) is 4.79 Å². The van der Waals surface area contributed by atoms with Crippen LogP contribution >= 0.6 is 11.3 Å². The Hall–Kier alpha value is -1.34. The summed E-state index contributed by atoms with van der Waals surface area (Å²) in [6.07, 6.45) is 5.61. The number of thiazole rings is 1. The normalized spacial score (nSPS) is 25.6. The van der Waals surface area contributed by atoms with Gasteiger partial charge in [-0.1, -0.05) is 11.3 Å². The van der Waals surface area contributed by atoms with Crippen molar-refractivity contribution in [3.63, 3.8) is 0 Å². The minimum atomic E-state index is -0.124. The summed E-state index contributed by atoms with van der Waals surface area (Å²) in [5, 5.41) is 7.05. The van der Waals surface area contributed by atoms with Gasteiger partial charge in [0, 0.05) is 19.2 Å². The third-order valence-electron chi connectivity index (χ3n) is 4.06. The Morgan fingerprint density at radius 1 is 1.40 bits per heavy atom. The highest BCUT2D eigenvalue weighted by Crippen LogP contribution is 2.30. The predicted octanol–water partition coefficient (Wildman–Crippen LogP) is 1.60. The number of aromatic nitrogens is 1. The van der Waals surface area contributed by atoms with Gasteiger partial charge in [-0.25, -0.2) is 4.98 Å². The average Bonchev–Trinajstić information content (AvgIpc) is 2.69. The summed E-state index contributed by atoms with van der Waals surface area (Å²) in [5.41, 5.74) is 5.84. The number of nitrogens with zero attached hydrogens (tertiary/aromatic N) is 1. The predicted molar refractivity (Wildman–Crippen MR) is 79.1 cm³/mol. The molecule has 0 spiro atoms. The van der Waals surface area contributed by atoms with Crippen molar-refractivity contribution in [2.75, 3.05) is 18.2 Å². The Bertz CT molecular complexity index is 495. The molecule has 1 aromatic rings. The first kappa shape index (κ1) is 13.6. The van der Waals surface area contributed by atoms with Gasteiger partial charge in [-0.15, -0.1) is 0 Å². The van der Waals surface area contributed by atoms with Crippen LogP contribution in [0.2, 0.25) is 0 Å². The molecule has 6 nitrogen and oxygen atoms in total. The summed E-state index contributed by atoms with van der Waals surface area (Å²) in [4.78, 5) is 16.9. The molecule has 2 saturated carbocycles. The molecule has 110 valence electrons. The molecule has 1 heterocycles. The quantitative estimate of drug-likeness (QED) is 0.768. The molecule has 0 unspecified atom stereocenters. The smallest absolute Gasteiger partial charge is 0.265 e. The van der Waals surface area contributed by atoms with Gasteiger partial charge in [-0.05, 0) is 32.1 Å². The Balaban J connectivity index is 1.56. The minimum Gasteiger partial charge on any atom is -0.382 e. The SMILES string of the molecule is COC1CC(NC(=O)c2sc(NC3CCC3)nc2N)C1. The van der Waals surface area contributed by atoms with Crippen LogP contribution in [0, 0.1) is 0 Å². The monoisotopic (exact) mass is 296 g/mol. The maximum absolute atomic E-state index is 12.2. The summed E-state index contributed by atoms with van der Waals surface area (Å²) < 4.78 is 5.20. The van der Waals surface area contributed by atoms with Gasteiger partial charge in [0.25, 0.3) is 5.91 Å². The van der Waals surface area contributed by atoms with Gasteiger partial charge in [-0.3, -0.25) is 4.79 Å². The second-order valence-electron chi connectivity index (χ2n) is 5.51. The number of methoxy groups -OCH3 is 1. The molecule has 1 aromatic heterocycles. The van der Waals surface area contributed by atoms with Gasteiger partial charge in [0.15, 0.2) is 5.13 Å². The van der Waals surface area contributed by atoms with Gasteiger partial charge < -0.3 is 21.1 Å². The summed E-state index contributed by atoms with van der Waals surface area (Å²) >= 11 is 1.34. The molecule has 2 aliphatic rings. The van der Waals surface area contributed by atoms with E-state index in [0.29, 0.717) is 16.7 Å². The molecule has 0 atom stereocenters. The van der Waals surface area contributed by atoms with Gasteiger partial charge in [-0.2, -0.15) is 0 Å². The van der Waals surface area contributed by atoms with Crippen LogP contribution in [-0.4, -0.2) is 36.2 Å². The van der Waals surface area contributed by atoms with Crippen molar-refractivity contribution in [3.8, 4) is 0 Å². The Morgan fingerprint density at radius 2 is 2.15 bits per heavy atom. The zero-order valence-corrected chi connectivity index (χ0v) is 12.3. The first-order valence-corrected chi connectivity index (χ1v) is 7.84. The first-order valence-electron chi connectivity index (χ1n) is 7.02. The summed E-state index contributed by atoms with van der Waals surface area (Å²) in [6.45, 7) is 0. The van der Waals surface area contributed by atoms with E-state index in [1.807, 2.05) is 0 Å². The highest BCUT2D eigenvalue weighted by molar-refractivity contribution is 7.18. The number of nitrogen functional groups attached to an aromatic ring is 1. The summed E-state index contributed by atoms with van der Waals surface area (Å²) in [6, 6.07) is 0.683. The van der Waals surface area contributed by atoms with E-state index >= 15 is 0 Å². The lowest BCUT2D eigenvalue weighted by atomic mass is 9.89. The number of anilines is 2. The van der Waals surface area contributed by atoms with Crippen LogP contribution in [0.5, 0.6) is 0 Å². The highest BCUT2D eigenvalue weighted by atomic mass is 32.1. The zero-order chi connectivity index (χ0) is 14.1. The van der Waals surface area contributed by atoms with Gasteiger partial charge >= 0.3 is 0 Å². The Morgan fingerprint density at radius 3 is 2.75 bits per heavy atom. The Kier molecular flexibility index (Phi) is 3.80. The molecule has 3 rings (SSSR count). The molecule has 2 aliphatic carbocycles. The molecule has 1 amide bonds. The van der Waals surface area contributed by atoms with Crippen LogP contribution in [0.4, 0.5) is 10.9 Å². The van der Waals surface area contributed by atoms with Crippen LogP contribution in [0.3, 0.4) is 0 Å². The van der Waals surface area contributed by atoms with Gasteiger partial charge in [0.2, 0.25) is 0 Å². The summed E-state index contributed by atoms with van der Waals surface area (Å²) in [7, 11) is 1.70. The number of carbonyl (C=O) groups excluding carboxylic acids is 1. The standard InChI is InChI=1S/C13H20N4O2S/c1-19-9-5-8(6-9)15-12(18)10-11(14)17-13(20-10)16-7-3-2-4-7/h7-9H,2-6,14H2,1H3,(H,15,18)(H,16,17). The largest absolute Gasteiger partial charge is 0.382 e. The van der Waals surface area contributed by atoms with Crippen molar-refractivity contribution < 1.29 is 9.53 Å². The zero-order valence-electron chi connectivity index (χ0n) is 11.5. The maximum Gasteiger partial charge on any atom is 0.265 e. The average molecular weight is 296 g/mol. The van der Waals surface area contributed by atoms with Gasteiger partial charge in [0.05, 0.1) is 6.10 Å². The number of hydrogen-bond donors (Lipinski definition) is 3. The molecule has 0 saturated heterocycles. The molecule has 0 radical (unpaired) electrons. The van der Waals surface area contributed by atoms with Crippen LogP contribution in [-0.2, 0) is 4.74 Å². The first-order chi connectivity index (χ1) is 9.65. The lowest BCUT2D eigenvalue weighted by Crippen LogP contribution is -2.47. The van der Waals surface area contributed by atoms with E-state index in [1.165, 1.54) is 30.6 Å². The molecule has 2 fully saturated rings. The number of ether oxygens (including phenoxy) is 1. The molecule has 0 aliphatic heterocycles. The summed E-state index contributed by atoms with van der Waals surface area (Å²) in [5.74, 6) is 0.193. The number of carbonyl (C=O) groups is 1. The van der Waals surface area contributed by atoms with E-state index < -0.39 is 0 Å². The van der Waals surface area contributed by atoms with E-state index in [1.54, 1.807) is 7.11 Å². The fourth-order valence-electron chi connectivity index (χ4n) is 2.41. The number of hydrogen-bond acceptors (Lipinski definition) is 6. The molecular formula is C13H20N4O2S. The second kappa shape index (κ2) is 5.57. The fourth-order valence-corrected chi connectivity index (χ4v) is 3.28. The number of rotatable bonds is 5. The van der Waals surface area contributed by atoms with E-state index in [0.717, 1.165) is 18.0 Å². The molecule has 7 heteroatoms. The topological polar surface area (TPSA) is 89.3 Å². The van der Waals surface area contributed by atoms with E-state index in [4.69, 9.17) is 10.5 Å². The number of amides is 1. The van der Waals surface area contributed by atoms with E-state index in [-0.39, 0.29) is 18.1 Å². The third kappa shape index (κ3) is 2.73. The van der Waals surface area contributed by atoms with Crippen molar-refractivity contribution in [1.82, 2.24) is 10.3 Å². The highest BCUT2D eigenvalue weighted by Gasteiger charge is 2.31. The van der Waals surface area contributed by atoms with Crippen molar-refractivity contribution in [3.05, 3.63) is 4.88 Å². The second-order valence-corrected chi connectivity index (χ2v) is 6.50. The van der Waals surface area contributed by atoms with Crippen molar-refractivity contribution in [1.29, 1.82) is 0 Å². The maximum atomic E-state index is 12.2. The van der Waals surface area contributed by atoms with Crippen LogP contribution < -0.4 is 16.4 Å². The fraction of sp³-hybridized carbons (Fsp3) is 0.692. The van der Waals surface area contributed by atoms with Crippen LogP contribution in [0.15, 0.2) is 0 Å². The van der Waals surface area contributed by atoms with Gasteiger partial charge in [0.1, 0.15) is 10.7 Å². The third-order valence-corrected chi connectivity index (χ3v) is 5.06. The molecule has 0 bridgehead atoms. The molecular weight excluding hydrogens is 276 g/mol. The lowest BCUT2D eigenvalue weighted by Gasteiger charge is -2.34. The van der Waals surface area contributed by atoms with E-state index in [2.05, 4.69) is 15.6 Å². The van der Waals surface area contributed by atoms with Crippen molar-refractivity contribution in [2.24, 2.45) is 0 Å².